The van der Waals surface area contributed by atoms with Crippen molar-refractivity contribution in [1.29, 1.82) is 0 Å². The van der Waals surface area contributed by atoms with Gasteiger partial charge in [-0.3, -0.25) is 0 Å². The highest BCUT2D eigenvalue weighted by Crippen LogP contribution is 2.23. The van der Waals surface area contributed by atoms with E-state index in [1.54, 1.807) is 0 Å². The van der Waals surface area contributed by atoms with E-state index in [1.807, 2.05) is 12.1 Å². The molecule has 0 saturated carbocycles. The lowest BCUT2D eigenvalue weighted by atomic mass is 9.95. The summed E-state index contributed by atoms with van der Waals surface area (Å²) in [6.45, 7) is 2.16. The van der Waals surface area contributed by atoms with Crippen molar-refractivity contribution < 1.29 is 4.39 Å². The summed E-state index contributed by atoms with van der Waals surface area (Å²) in [6.07, 6.45) is 3.44. The lowest BCUT2D eigenvalue weighted by Crippen LogP contribution is -2.00. The minimum atomic E-state index is -0.183. The quantitative estimate of drug-likeness (QED) is 0.640. The van der Waals surface area contributed by atoms with Crippen LogP contribution < -0.4 is 0 Å². The molecule has 0 nitrogen and oxygen atoms in total. The maximum atomic E-state index is 12.7. The highest BCUT2D eigenvalue weighted by Gasteiger charge is 2.09. The second kappa shape index (κ2) is 6.02. The summed E-state index contributed by atoms with van der Waals surface area (Å²) < 4.78 is 12.7. The average Bonchev–Trinajstić information content (AvgIpc) is 2.21. The molecule has 0 amide bonds. The molecule has 0 aliphatic heterocycles. The fourth-order valence-corrected chi connectivity index (χ4v) is 1.85. The van der Waals surface area contributed by atoms with Crippen molar-refractivity contribution in [1.82, 2.24) is 0 Å². The minimum Gasteiger partial charge on any atom is -0.207 e. The van der Waals surface area contributed by atoms with Crippen LogP contribution in [-0.4, -0.2) is 5.88 Å². The zero-order valence-corrected chi connectivity index (χ0v) is 9.23. The Kier molecular flexibility index (Phi) is 4.95. The van der Waals surface area contributed by atoms with Gasteiger partial charge in [0.1, 0.15) is 5.82 Å². The van der Waals surface area contributed by atoms with Gasteiger partial charge in [0.25, 0.3) is 0 Å². The molecule has 1 unspecified atom stereocenters. The van der Waals surface area contributed by atoms with Crippen LogP contribution in [-0.2, 0) is 0 Å². The second-order valence-electron chi connectivity index (χ2n) is 3.55. The Balaban J connectivity index is 2.64. The molecule has 0 aliphatic rings. The first kappa shape index (κ1) is 11.5. The zero-order valence-electron chi connectivity index (χ0n) is 8.47. The van der Waals surface area contributed by atoms with Crippen molar-refractivity contribution in [2.75, 3.05) is 5.88 Å². The molecule has 1 atom stereocenters. The third-order valence-electron chi connectivity index (χ3n) is 2.43. The molecule has 14 heavy (non-hydrogen) atoms. The number of alkyl halides is 1. The van der Waals surface area contributed by atoms with Crippen molar-refractivity contribution in [2.24, 2.45) is 0 Å². The first-order valence-corrected chi connectivity index (χ1v) is 5.62. The molecule has 0 heterocycles. The lowest BCUT2D eigenvalue weighted by molar-refractivity contribution is 0.614. The Hall–Kier alpha value is -0.560. The molecule has 1 aromatic rings. The minimum absolute atomic E-state index is 0.183. The molecule has 78 valence electrons. The zero-order chi connectivity index (χ0) is 10.4. The Morgan fingerprint density at radius 3 is 2.43 bits per heavy atom. The van der Waals surface area contributed by atoms with Gasteiger partial charge in [-0.2, -0.15) is 0 Å². The number of benzene rings is 1. The molecule has 0 saturated heterocycles. The van der Waals surface area contributed by atoms with Gasteiger partial charge in [0.15, 0.2) is 0 Å². The number of hydrogen-bond acceptors (Lipinski definition) is 0. The van der Waals surface area contributed by atoms with E-state index in [4.69, 9.17) is 11.6 Å². The fraction of sp³-hybridized carbons (Fsp3) is 0.500. The molecule has 2 heteroatoms. The van der Waals surface area contributed by atoms with Crippen molar-refractivity contribution >= 4 is 11.6 Å². The highest BCUT2D eigenvalue weighted by molar-refractivity contribution is 6.18. The summed E-state index contributed by atoms with van der Waals surface area (Å²) in [5.41, 5.74) is 1.15. The van der Waals surface area contributed by atoms with Crippen molar-refractivity contribution in [3.8, 4) is 0 Å². The van der Waals surface area contributed by atoms with Crippen molar-refractivity contribution in [3.05, 3.63) is 35.6 Å². The van der Waals surface area contributed by atoms with Gasteiger partial charge >= 0.3 is 0 Å². The summed E-state index contributed by atoms with van der Waals surface area (Å²) >= 11 is 5.88. The molecule has 1 rings (SSSR count). The maximum absolute atomic E-state index is 12.7. The summed E-state index contributed by atoms with van der Waals surface area (Å²) in [5.74, 6) is 0.806. The first-order valence-electron chi connectivity index (χ1n) is 5.09. The SMILES string of the molecule is CCCCC(CCl)c1ccc(F)cc1. The summed E-state index contributed by atoms with van der Waals surface area (Å²) in [7, 11) is 0. The second-order valence-corrected chi connectivity index (χ2v) is 3.85. The molecule has 0 bridgehead atoms. The molecule has 0 fully saturated rings. The highest BCUT2D eigenvalue weighted by atomic mass is 35.5. The van der Waals surface area contributed by atoms with Crippen molar-refractivity contribution in [3.63, 3.8) is 0 Å². The van der Waals surface area contributed by atoms with E-state index < -0.39 is 0 Å². The van der Waals surface area contributed by atoms with Crippen molar-refractivity contribution in [2.45, 2.75) is 32.1 Å². The van der Waals surface area contributed by atoms with Gasteiger partial charge in [-0.1, -0.05) is 31.9 Å². The number of hydrogen-bond donors (Lipinski definition) is 0. The lowest BCUT2D eigenvalue weighted by Gasteiger charge is -2.13. The topological polar surface area (TPSA) is 0 Å². The fourth-order valence-electron chi connectivity index (χ4n) is 1.52. The van der Waals surface area contributed by atoms with Crippen LogP contribution in [0.5, 0.6) is 0 Å². The van der Waals surface area contributed by atoms with Gasteiger partial charge in [-0.25, -0.2) is 4.39 Å². The van der Waals surface area contributed by atoms with Gasteiger partial charge in [-0.05, 0) is 30.0 Å². The molecule has 1 aromatic carbocycles. The van der Waals surface area contributed by atoms with Crippen LogP contribution in [0.4, 0.5) is 4.39 Å². The van der Waals surface area contributed by atoms with Crippen LogP contribution in [0.25, 0.3) is 0 Å². The van der Waals surface area contributed by atoms with Crippen LogP contribution in [0, 0.1) is 5.82 Å². The molecular formula is C12H16ClF. The van der Waals surface area contributed by atoms with Gasteiger partial charge in [0, 0.05) is 5.88 Å². The van der Waals surface area contributed by atoms with E-state index in [2.05, 4.69) is 6.92 Å². The average molecular weight is 215 g/mol. The van der Waals surface area contributed by atoms with E-state index in [-0.39, 0.29) is 5.82 Å². The van der Waals surface area contributed by atoms with E-state index in [1.165, 1.54) is 25.0 Å². The van der Waals surface area contributed by atoms with Gasteiger partial charge in [0.05, 0.1) is 0 Å². The largest absolute Gasteiger partial charge is 0.207 e. The Morgan fingerprint density at radius 2 is 1.93 bits per heavy atom. The van der Waals surface area contributed by atoms with Gasteiger partial charge in [0.2, 0.25) is 0 Å². The van der Waals surface area contributed by atoms with Crippen LogP contribution in [0.15, 0.2) is 24.3 Å². The van der Waals surface area contributed by atoms with Crippen LogP contribution >= 0.6 is 11.6 Å². The predicted octanol–water partition coefficient (Wildman–Crippen LogP) is 4.34. The van der Waals surface area contributed by atoms with E-state index >= 15 is 0 Å². The van der Waals surface area contributed by atoms with Crippen LogP contribution in [0.2, 0.25) is 0 Å². The number of unbranched alkanes of at least 4 members (excludes halogenated alkanes) is 1. The van der Waals surface area contributed by atoms with E-state index in [0.717, 1.165) is 12.0 Å². The summed E-state index contributed by atoms with van der Waals surface area (Å²) in [4.78, 5) is 0. The van der Waals surface area contributed by atoms with Gasteiger partial charge < -0.3 is 0 Å². The normalized spacial score (nSPS) is 12.8. The Bertz CT molecular complexity index is 256. The van der Waals surface area contributed by atoms with Crippen LogP contribution in [0.3, 0.4) is 0 Å². The van der Waals surface area contributed by atoms with Gasteiger partial charge in [-0.15, -0.1) is 11.6 Å². The Morgan fingerprint density at radius 1 is 1.29 bits per heavy atom. The van der Waals surface area contributed by atoms with Crippen LogP contribution in [0.1, 0.15) is 37.7 Å². The monoisotopic (exact) mass is 214 g/mol. The molecular weight excluding hydrogens is 199 g/mol. The van der Waals surface area contributed by atoms with E-state index in [9.17, 15) is 4.39 Å². The molecule has 0 N–H and O–H groups in total. The van der Waals surface area contributed by atoms with E-state index in [0.29, 0.717) is 11.8 Å². The first-order chi connectivity index (χ1) is 6.77. The number of rotatable bonds is 5. The molecule has 0 aliphatic carbocycles. The Labute approximate surface area is 90.1 Å². The third kappa shape index (κ3) is 3.30. The molecule has 0 spiro atoms. The smallest absolute Gasteiger partial charge is 0.123 e. The predicted molar refractivity (Wildman–Crippen MR) is 59.4 cm³/mol. The third-order valence-corrected chi connectivity index (χ3v) is 2.81. The molecule has 0 aromatic heterocycles. The molecule has 0 radical (unpaired) electrons. The summed E-state index contributed by atoms with van der Waals surface area (Å²) in [5, 5.41) is 0. The maximum Gasteiger partial charge on any atom is 0.123 e. The standard InChI is InChI=1S/C12H16ClF/c1-2-3-4-11(9-13)10-5-7-12(14)8-6-10/h5-8,11H,2-4,9H2,1H3. The number of halogens is 2. The summed E-state index contributed by atoms with van der Waals surface area (Å²) in [6, 6.07) is 6.66.